The molecule has 1 unspecified atom stereocenters. The normalized spacial score (nSPS) is 12.7. The van der Waals surface area contributed by atoms with Crippen LogP contribution in [0, 0.1) is 0 Å². The Labute approximate surface area is 231 Å². The minimum absolute atomic E-state index is 0.0796. The molecule has 38 heavy (non-hydrogen) atoms. The van der Waals surface area contributed by atoms with Crippen LogP contribution in [0.15, 0.2) is 64.4 Å². The van der Waals surface area contributed by atoms with Crippen molar-refractivity contribution in [3.8, 4) is 5.75 Å². The van der Waals surface area contributed by atoms with Crippen LogP contribution in [-0.2, 0) is 20.4 Å². The van der Waals surface area contributed by atoms with E-state index in [1.54, 1.807) is 11.8 Å². The van der Waals surface area contributed by atoms with E-state index in [1.165, 1.54) is 20.9 Å². The Hall–Kier alpha value is -2.81. The molecule has 0 heterocycles. The maximum absolute atomic E-state index is 10.4. The van der Waals surface area contributed by atoms with Crippen molar-refractivity contribution < 1.29 is 29.6 Å². The molecule has 0 fully saturated rings. The molecule has 8 heteroatoms. The van der Waals surface area contributed by atoms with Crippen LogP contribution in [0.2, 0.25) is 0 Å². The SMILES string of the molecule is CC(C)NCC(O)COc1c(C(C)(C)C)cc(Sc2ccccc2)cc1C(C)(C)C.O=C(O)/C=C\C(=O)O. The van der Waals surface area contributed by atoms with Gasteiger partial charge in [-0.05, 0) is 35.1 Å². The van der Waals surface area contributed by atoms with E-state index in [9.17, 15) is 14.7 Å². The number of hydrogen-bond donors (Lipinski definition) is 4. The summed E-state index contributed by atoms with van der Waals surface area (Å²) < 4.78 is 6.32. The molecule has 0 saturated carbocycles. The fraction of sp³-hybridized carbons (Fsp3) is 0.467. The summed E-state index contributed by atoms with van der Waals surface area (Å²) in [6, 6.07) is 15.3. The number of aliphatic carboxylic acids is 2. The van der Waals surface area contributed by atoms with Gasteiger partial charge in [0.25, 0.3) is 0 Å². The van der Waals surface area contributed by atoms with Crippen LogP contribution in [0.4, 0.5) is 0 Å². The second kappa shape index (κ2) is 15.0. The molecular formula is C30H43NO6S. The Balaban J connectivity index is 0.000000781. The van der Waals surface area contributed by atoms with E-state index in [0.717, 1.165) is 5.75 Å². The zero-order valence-electron chi connectivity index (χ0n) is 23.7. The highest BCUT2D eigenvalue weighted by atomic mass is 32.2. The Morgan fingerprint density at radius 1 is 0.895 bits per heavy atom. The standard InChI is InChI=1S/C26H39NO2S.C4H4O4/c1-18(2)27-16-19(28)17-29-24-22(25(3,4)5)14-21(15-23(24)26(6,7)8)30-20-12-10-9-11-13-20;5-3(6)1-2-4(7)8/h9-15,18-19,27-28H,16-17H2,1-8H3;1-2H,(H,5,6)(H,7,8)/b;2-1-. The predicted octanol–water partition coefficient (Wildman–Crippen LogP) is 5.88. The third-order valence-corrected chi connectivity index (χ3v) is 6.19. The number of carboxylic acids is 2. The van der Waals surface area contributed by atoms with Gasteiger partial charge in [-0.25, -0.2) is 9.59 Å². The number of benzene rings is 2. The molecule has 0 saturated heterocycles. The molecule has 4 N–H and O–H groups in total. The largest absolute Gasteiger partial charge is 0.490 e. The fourth-order valence-corrected chi connectivity index (χ4v) is 4.23. The minimum Gasteiger partial charge on any atom is -0.490 e. The molecule has 1 atom stereocenters. The number of hydrogen-bond acceptors (Lipinski definition) is 6. The number of rotatable bonds is 10. The molecule has 2 aromatic carbocycles. The smallest absolute Gasteiger partial charge is 0.328 e. The number of aliphatic hydroxyl groups excluding tert-OH is 1. The first-order valence-electron chi connectivity index (χ1n) is 12.6. The summed E-state index contributed by atoms with van der Waals surface area (Å²) in [7, 11) is 0. The number of carboxylic acid groups (broad SMARTS) is 2. The third kappa shape index (κ3) is 12.6. The lowest BCUT2D eigenvalue weighted by Crippen LogP contribution is -2.35. The van der Waals surface area contributed by atoms with Gasteiger partial charge in [0.05, 0.1) is 0 Å². The average Bonchev–Trinajstić information content (AvgIpc) is 2.80. The fourth-order valence-electron chi connectivity index (χ4n) is 3.31. The lowest BCUT2D eigenvalue weighted by Gasteiger charge is -2.31. The summed E-state index contributed by atoms with van der Waals surface area (Å²) in [6.45, 7) is 18.3. The first kappa shape index (κ1) is 33.2. The molecule has 0 amide bonds. The summed E-state index contributed by atoms with van der Waals surface area (Å²) in [5.41, 5.74) is 2.20. The molecule has 7 nitrogen and oxygen atoms in total. The molecule has 2 rings (SSSR count). The number of ether oxygens (including phenoxy) is 1. The van der Waals surface area contributed by atoms with Crippen molar-refractivity contribution in [2.45, 2.75) is 88.2 Å². The van der Waals surface area contributed by atoms with Gasteiger partial charge in [0.1, 0.15) is 18.5 Å². The molecule has 0 aliphatic rings. The van der Waals surface area contributed by atoms with Crippen molar-refractivity contribution >= 4 is 23.7 Å². The van der Waals surface area contributed by atoms with Gasteiger partial charge in [-0.3, -0.25) is 0 Å². The van der Waals surface area contributed by atoms with E-state index in [0.29, 0.717) is 24.7 Å². The molecule has 0 aliphatic heterocycles. The molecule has 0 spiro atoms. The van der Waals surface area contributed by atoms with E-state index < -0.39 is 18.0 Å². The van der Waals surface area contributed by atoms with Crippen molar-refractivity contribution in [2.24, 2.45) is 0 Å². The zero-order valence-corrected chi connectivity index (χ0v) is 24.6. The van der Waals surface area contributed by atoms with Crippen molar-refractivity contribution in [1.29, 1.82) is 0 Å². The van der Waals surface area contributed by atoms with Gasteiger partial charge in [-0.1, -0.05) is 85.4 Å². The topological polar surface area (TPSA) is 116 Å². The van der Waals surface area contributed by atoms with Crippen LogP contribution in [0.25, 0.3) is 0 Å². The van der Waals surface area contributed by atoms with Gasteiger partial charge in [0, 0.05) is 45.7 Å². The molecule has 0 aliphatic carbocycles. The highest BCUT2D eigenvalue weighted by Crippen LogP contribution is 2.43. The highest BCUT2D eigenvalue weighted by Gasteiger charge is 2.28. The molecule has 0 bridgehead atoms. The van der Waals surface area contributed by atoms with Gasteiger partial charge >= 0.3 is 11.9 Å². The van der Waals surface area contributed by atoms with Gasteiger partial charge in [-0.2, -0.15) is 0 Å². The van der Waals surface area contributed by atoms with Crippen LogP contribution < -0.4 is 10.1 Å². The predicted molar refractivity (Wildman–Crippen MR) is 153 cm³/mol. The molecule has 0 radical (unpaired) electrons. The summed E-state index contributed by atoms with van der Waals surface area (Å²) in [5.74, 6) is -1.60. The summed E-state index contributed by atoms with van der Waals surface area (Å²) in [6.07, 6.45) is 0.566. The minimum atomic E-state index is -1.26. The van der Waals surface area contributed by atoms with Crippen LogP contribution in [-0.4, -0.2) is 52.6 Å². The first-order chi connectivity index (χ1) is 17.5. The monoisotopic (exact) mass is 545 g/mol. The Morgan fingerprint density at radius 2 is 1.37 bits per heavy atom. The van der Waals surface area contributed by atoms with Gasteiger partial charge < -0.3 is 25.4 Å². The van der Waals surface area contributed by atoms with E-state index in [4.69, 9.17) is 14.9 Å². The number of nitrogens with one attached hydrogen (secondary N) is 1. The number of aliphatic hydroxyl groups is 1. The Morgan fingerprint density at radius 3 is 1.76 bits per heavy atom. The number of carbonyl (C=O) groups is 2. The Kier molecular flexibility index (Phi) is 13.1. The average molecular weight is 546 g/mol. The maximum atomic E-state index is 10.4. The van der Waals surface area contributed by atoms with E-state index in [1.807, 2.05) is 6.07 Å². The first-order valence-corrected chi connectivity index (χ1v) is 13.4. The molecular weight excluding hydrogens is 502 g/mol. The maximum Gasteiger partial charge on any atom is 0.328 e. The molecule has 2 aromatic rings. The van der Waals surface area contributed by atoms with Crippen LogP contribution in [0.3, 0.4) is 0 Å². The van der Waals surface area contributed by atoms with E-state index in [2.05, 4.69) is 97.1 Å². The lowest BCUT2D eigenvalue weighted by molar-refractivity contribution is -0.134. The molecule has 0 aromatic heterocycles. The Bertz CT molecular complexity index is 1020. The van der Waals surface area contributed by atoms with Gasteiger partial charge in [0.2, 0.25) is 0 Å². The highest BCUT2D eigenvalue weighted by molar-refractivity contribution is 7.99. The summed E-state index contributed by atoms with van der Waals surface area (Å²) >= 11 is 1.78. The second-order valence-corrected chi connectivity index (χ2v) is 12.4. The van der Waals surface area contributed by atoms with Gasteiger partial charge in [0.15, 0.2) is 0 Å². The second-order valence-electron chi connectivity index (χ2n) is 11.3. The van der Waals surface area contributed by atoms with Crippen LogP contribution in [0.5, 0.6) is 5.75 Å². The zero-order chi connectivity index (χ0) is 29.1. The van der Waals surface area contributed by atoms with Crippen molar-refractivity contribution in [3.63, 3.8) is 0 Å². The third-order valence-electron chi connectivity index (χ3n) is 5.21. The quantitative estimate of drug-likeness (QED) is 0.274. The lowest BCUT2D eigenvalue weighted by atomic mass is 9.79. The van der Waals surface area contributed by atoms with E-state index in [-0.39, 0.29) is 17.4 Å². The van der Waals surface area contributed by atoms with Crippen molar-refractivity contribution in [3.05, 3.63) is 65.7 Å². The van der Waals surface area contributed by atoms with Crippen molar-refractivity contribution in [2.75, 3.05) is 13.2 Å². The molecule has 210 valence electrons. The summed E-state index contributed by atoms with van der Waals surface area (Å²) in [5, 5.41) is 29.3. The van der Waals surface area contributed by atoms with Crippen molar-refractivity contribution in [1.82, 2.24) is 5.32 Å². The van der Waals surface area contributed by atoms with E-state index >= 15 is 0 Å². The van der Waals surface area contributed by atoms with Crippen LogP contribution in [0.1, 0.15) is 66.5 Å². The van der Waals surface area contributed by atoms with Gasteiger partial charge in [-0.15, -0.1) is 0 Å². The van der Waals surface area contributed by atoms with Crippen LogP contribution >= 0.6 is 11.8 Å². The summed E-state index contributed by atoms with van der Waals surface area (Å²) in [4.78, 5) is 21.5.